The summed E-state index contributed by atoms with van der Waals surface area (Å²) < 4.78 is 38.0. The van der Waals surface area contributed by atoms with Crippen molar-refractivity contribution in [2.24, 2.45) is 5.84 Å². The summed E-state index contributed by atoms with van der Waals surface area (Å²) in [5.41, 5.74) is 1.40. The van der Waals surface area contributed by atoms with E-state index >= 15 is 0 Å². The second-order valence-electron chi connectivity index (χ2n) is 4.39. The molecule has 0 aromatic carbocycles. The summed E-state index contributed by atoms with van der Waals surface area (Å²) in [6.45, 7) is 0. The summed E-state index contributed by atoms with van der Waals surface area (Å²) in [6.07, 6.45) is -0.287. The van der Waals surface area contributed by atoms with E-state index in [1.165, 1.54) is 0 Å². The van der Waals surface area contributed by atoms with Gasteiger partial charge in [-0.2, -0.15) is 13.2 Å². The van der Waals surface area contributed by atoms with Crippen LogP contribution in [0.3, 0.4) is 0 Å². The Balaban J connectivity index is 2.23. The number of aromatic nitrogens is 1. The molecule has 7 heteroatoms. The summed E-state index contributed by atoms with van der Waals surface area (Å²) in [4.78, 5) is 3.98. The van der Waals surface area contributed by atoms with Crippen molar-refractivity contribution in [2.45, 2.75) is 37.9 Å². The zero-order chi connectivity index (χ0) is 13.2. The van der Waals surface area contributed by atoms with Gasteiger partial charge >= 0.3 is 6.18 Å². The van der Waals surface area contributed by atoms with Crippen molar-refractivity contribution < 1.29 is 13.2 Å². The Morgan fingerprint density at radius 1 is 1.17 bits per heavy atom. The molecule has 0 amide bonds. The summed E-state index contributed by atoms with van der Waals surface area (Å²) in [7, 11) is 0. The lowest BCUT2D eigenvalue weighted by Gasteiger charge is -2.16. The number of alkyl halides is 3. The zero-order valence-electron chi connectivity index (χ0n) is 9.72. The Bertz CT molecular complexity index is 413. The molecule has 100 valence electrons. The van der Waals surface area contributed by atoms with Crippen molar-refractivity contribution in [1.82, 2.24) is 4.98 Å². The monoisotopic (exact) mass is 260 g/mol. The highest BCUT2D eigenvalue weighted by molar-refractivity contribution is 5.49. The summed E-state index contributed by atoms with van der Waals surface area (Å²) in [6, 6.07) is 2.10. The van der Waals surface area contributed by atoms with E-state index in [1.807, 2.05) is 0 Å². The first-order valence-electron chi connectivity index (χ1n) is 5.81. The number of pyridine rings is 1. The molecular weight excluding hydrogens is 245 g/mol. The molecule has 18 heavy (non-hydrogen) atoms. The highest BCUT2D eigenvalue weighted by Crippen LogP contribution is 2.32. The van der Waals surface area contributed by atoms with E-state index in [0.29, 0.717) is 0 Å². The second-order valence-corrected chi connectivity index (χ2v) is 4.39. The standard InChI is InChI=1S/C11H15F3N4/c12-11(13,14)7-5-9(17-10(6-7)18-15)16-8-3-1-2-4-8/h5-6,8H,1-4,15H2,(H2,16,17,18). The van der Waals surface area contributed by atoms with Crippen molar-refractivity contribution in [3.63, 3.8) is 0 Å². The molecule has 1 aliphatic carbocycles. The molecule has 0 radical (unpaired) electrons. The molecule has 1 aromatic heterocycles. The Hall–Kier alpha value is -1.50. The van der Waals surface area contributed by atoms with Gasteiger partial charge in [0.25, 0.3) is 0 Å². The van der Waals surface area contributed by atoms with E-state index in [9.17, 15) is 13.2 Å². The molecule has 4 N–H and O–H groups in total. The number of rotatable bonds is 3. The molecule has 1 heterocycles. The largest absolute Gasteiger partial charge is 0.416 e. The van der Waals surface area contributed by atoms with Gasteiger partial charge in [0.2, 0.25) is 0 Å². The Morgan fingerprint density at radius 2 is 1.78 bits per heavy atom. The van der Waals surface area contributed by atoms with Gasteiger partial charge in [0.15, 0.2) is 0 Å². The van der Waals surface area contributed by atoms with E-state index in [2.05, 4.69) is 15.7 Å². The van der Waals surface area contributed by atoms with E-state index in [0.717, 1.165) is 37.8 Å². The smallest absolute Gasteiger partial charge is 0.367 e. The Morgan fingerprint density at radius 3 is 2.33 bits per heavy atom. The lowest BCUT2D eigenvalue weighted by Crippen LogP contribution is -2.18. The fraction of sp³-hybridized carbons (Fsp3) is 0.545. The normalized spacial score (nSPS) is 16.9. The maximum absolute atomic E-state index is 12.7. The van der Waals surface area contributed by atoms with E-state index in [1.54, 1.807) is 0 Å². The van der Waals surface area contributed by atoms with Crippen LogP contribution in [0.2, 0.25) is 0 Å². The molecule has 2 rings (SSSR count). The molecule has 0 aliphatic heterocycles. The third-order valence-corrected chi connectivity index (χ3v) is 3.01. The molecule has 1 aromatic rings. The highest BCUT2D eigenvalue weighted by Gasteiger charge is 2.32. The van der Waals surface area contributed by atoms with Crippen molar-refractivity contribution in [1.29, 1.82) is 0 Å². The highest BCUT2D eigenvalue weighted by atomic mass is 19.4. The molecule has 0 unspecified atom stereocenters. The van der Waals surface area contributed by atoms with E-state index < -0.39 is 11.7 Å². The van der Waals surface area contributed by atoms with Crippen molar-refractivity contribution >= 4 is 11.6 Å². The number of hydrazine groups is 1. The number of nitrogens with one attached hydrogen (secondary N) is 2. The molecule has 4 nitrogen and oxygen atoms in total. The van der Waals surface area contributed by atoms with Gasteiger partial charge in [-0.15, -0.1) is 0 Å². The Kier molecular flexibility index (Phi) is 3.60. The van der Waals surface area contributed by atoms with Gasteiger partial charge in [-0.05, 0) is 25.0 Å². The van der Waals surface area contributed by atoms with Crippen LogP contribution in [0.15, 0.2) is 12.1 Å². The third-order valence-electron chi connectivity index (χ3n) is 3.01. The number of hydrogen-bond acceptors (Lipinski definition) is 4. The topological polar surface area (TPSA) is 63.0 Å². The first-order valence-corrected chi connectivity index (χ1v) is 5.81. The maximum atomic E-state index is 12.7. The fourth-order valence-electron chi connectivity index (χ4n) is 2.12. The molecule has 1 saturated carbocycles. The fourth-order valence-corrected chi connectivity index (χ4v) is 2.12. The predicted octanol–water partition coefficient (Wildman–Crippen LogP) is 2.74. The number of anilines is 2. The minimum Gasteiger partial charge on any atom is -0.367 e. The van der Waals surface area contributed by atoms with Gasteiger partial charge in [-0.3, -0.25) is 0 Å². The number of nitrogens with two attached hydrogens (primary N) is 1. The van der Waals surface area contributed by atoms with Gasteiger partial charge in [-0.1, -0.05) is 12.8 Å². The van der Waals surface area contributed by atoms with Gasteiger partial charge in [0.1, 0.15) is 11.6 Å². The first kappa shape index (κ1) is 12.9. The van der Waals surface area contributed by atoms with Crippen LogP contribution in [0.4, 0.5) is 24.8 Å². The molecule has 1 fully saturated rings. The number of nitrogen functional groups attached to an aromatic ring is 1. The van der Waals surface area contributed by atoms with Crippen LogP contribution in [0.1, 0.15) is 31.2 Å². The van der Waals surface area contributed by atoms with Gasteiger partial charge < -0.3 is 10.7 Å². The SMILES string of the molecule is NNc1cc(C(F)(F)F)cc(NC2CCCC2)n1. The maximum Gasteiger partial charge on any atom is 0.416 e. The number of halogens is 3. The first-order chi connectivity index (χ1) is 8.49. The summed E-state index contributed by atoms with van der Waals surface area (Å²) >= 11 is 0. The van der Waals surface area contributed by atoms with Crippen LogP contribution in [0.25, 0.3) is 0 Å². The average molecular weight is 260 g/mol. The summed E-state index contributed by atoms with van der Waals surface area (Å²) in [5.74, 6) is 5.35. The zero-order valence-corrected chi connectivity index (χ0v) is 9.72. The molecule has 0 saturated heterocycles. The molecular formula is C11H15F3N4. The minimum atomic E-state index is -4.40. The molecule has 0 bridgehead atoms. The van der Waals surface area contributed by atoms with Crippen LogP contribution in [-0.2, 0) is 6.18 Å². The van der Waals surface area contributed by atoms with Gasteiger partial charge in [0.05, 0.1) is 5.56 Å². The predicted molar refractivity (Wildman–Crippen MR) is 62.9 cm³/mol. The van der Waals surface area contributed by atoms with Gasteiger partial charge in [0, 0.05) is 6.04 Å². The lowest BCUT2D eigenvalue weighted by atomic mass is 10.2. The number of nitrogens with zero attached hydrogens (tertiary/aromatic N) is 1. The van der Waals surface area contributed by atoms with Crippen LogP contribution in [0, 0.1) is 0 Å². The van der Waals surface area contributed by atoms with Crippen LogP contribution < -0.4 is 16.6 Å². The molecule has 0 spiro atoms. The van der Waals surface area contributed by atoms with E-state index in [4.69, 9.17) is 5.84 Å². The number of hydrogen-bond donors (Lipinski definition) is 3. The Labute approximate surface area is 103 Å². The quantitative estimate of drug-likeness (QED) is 0.577. The van der Waals surface area contributed by atoms with Crippen molar-refractivity contribution in [3.8, 4) is 0 Å². The van der Waals surface area contributed by atoms with Crippen LogP contribution >= 0.6 is 0 Å². The minimum absolute atomic E-state index is 0.00493. The summed E-state index contributed by atoms with van der Waals surface area (Å²) in [5, 5.41) is 3.02. The molecule has 1 aliphatic rings. The van der Waals surface area contributed by atoms with Crippen molar-refractivity contribution in [2.75, 3.05) is 10.7 Å². The molecule has 0 atom stereocenters. The van der Waals surface area contributed by atoms with Crippen LogP contribution in [0.5, 0.6) is 0 Å². The van der Waals surface area contributed by atoms with Crippen molar-refractivity contribution in [3.05, 3.63) is 17.7 Å². The lowest BCUT2D eigenvalue weighted by molar-refractivity contribution is -0.137. The van der Waals surface area contributed by atoms with Gasteiger partial charge in [-0.25, -0.2) is 10.8 Å². The second kappa shape index (κ2) is 5.01. The average Bonchev–Trinajstić information content (AvgIpc) is 2.80. The van der Waals surface area contributed by atoms with Crippen LogP contribution in [-0.4, -0.2) is 11.0 Å². The third kappa shape index (κ3) is 3.04. The van der Waals surface area contributed by atoms with E-state index in [-0.39, 0.29) is 17.7 Å².